The third kappa shape index (κ3) is 5.43. The molecule has 0 saturated carbocycles. The zero-order chi connectivity index (χ0) is 21.8. The number of amides is 1. The van der Waals surface area contributed by atoms with Crippen molar-refractivity contribution in [3.05, 3.63) is 64.6 Å². The normalized spacial score (nSPS) is 14.4. The van der Waals surface area contributed by atoms with Gasteiger partial charge >= 0.3 is 0 Å². The number of anilines is 1. The van der Waals surface area contributed by atoms with E-state index in [1.807, 2.05) is 12.1 Å². The van der Waals surface area contributed by atoms with Gasteiger partial charge in [0, 0.05) is 23.5 Å². The fraction of sp³-hybridized carbons (Fsp3) is 0.238. The lowest BCUT2D eigenvalue weighted by Crippen LogP contribution is -2.41. The Labute approximate surface area is 189 Å². The fourth-order valence-electron chi connectivity index (χ4n) is 3.16. The number of benzene rings is 2. The van der Waals surface area contributed by atoms with Crippen molar-refractivity contribution in [2.75, 3.05) is 31.0 Å². The number of sulfonamides is 1. The molecule has 1 N–H and O–H groups in total. The van der Waals surface area contributed by atoms with E-state index >= 15 is 0 Å². The van der Waals surface area contributed by atoms with Crippen LogP contribution in [0.5, 0.6) is 0 Å². The van der Waals surface area contributed by atoms with Gasteiger partial charge in [0.25, 0.3) is 10.0 Å². The molecule has 1 fully saturated rings. The van der Waals surface area contributed by atoms with Gasteiger partial charge in [-0.15, -0.1) is 11.3 Å². The van der Waals surface area contributed by atoms with E-state index in [0.29, 0.717) is 37.0 Å². The van der Waals surface area contributed by atoms with Crippen molar-refractivity contribution in [2.45, 2.75) is 11.3 Å². The van der Waals surface area contributed by atoms with E-state index in [4.69, 9.17) is 16.3 Å². The number of hydrogen-bond donors (Lipinski definition) is 1. The molecule has 0 aliphatic carbocycles. The SMILES string of the molecule is O=C(Cc1csc(NS(=O)(=O)c2ccc(-c3ccc(Cl)cc3)cc2)n1)N1CCOCC1. The van der Waals surface area contributed by atoms with Crippen molar-refractivity contribution in [3.8, 4) is 11.1 Å². The second-order valence-corrected chi connectivity index (χ2v) is 9.93. The van der Waals surface area contributed by atoms with Gasteiger partial charge in [0.15, 0.2) is 5.13 Å². The van der Waals surface area contributed by atoms with Crippen molar-refractivity contribution >= 4 is 44.0 Å². The molecule has 7 nitrogen and oxygen atoms in total. The molecule has 1 aromatic heterocycles. The summed E-state index contributed by atoms with van der Waals surface area (Å²) in [6.45, 7) is 2.19. The molecule has 0 radical (unpaired) electrons. The predicted octanol–water partition coefficient (Wildman–Crippen LogP) is 3.67. The average molecular weight is 478 g/mol. The molecule has 4 rings (SSSR count). The first-order valence-corrected chi connectivity index (χ1v) is 12.3. The lowest BCUT2D eigenvalue weighted by atomic mass is 10.1. The summed E-state index contributed by atoms with van der Waals surface area (Å²) in [6.07, 6.45) is 0.133. The number of rotatable bonds is 6. The summed E-state index contributed by atoms with van der Waals surface area (Å²) in [5, 5.41) is 2.56. The van der Waals surface area contributed by atoms with Crippen LogP contribution >= 0.6 is 22.9 Å². The molecule has 2 heterocycles. The van der Waals surface area contributed by atoms with E-state index < -0.39 is 10.0 Å². The molecule has 1 aliphatic heterocycles. The Morgan fingerprint density at radius 3 is 2.32 bits per heavy atom. The summed E-state index contributed by atoms with van der Waals surface area (Å²) in [7, 11) is -3.79. The van der Waals surface area contributed by atoms with Gasteiger partial charge in [0.1, 0.15) is 0 Å². The topological polar surface area (TPSA) is 88.6 Å². The maximum Gasteiger partial charge on any atom is 0.263 e. The third-order valence-corrected chi connectivity index (χ3v) is 7.35. The van der Waals surface area contributed by atoms with Gasteiger partial charge in [-0.2, -0.15) is 0 Å². The first-order chi connectivity index (χ1) is 14.9. The molecule has 0 unspecified atom stereocenters. The Morgan fingerprint density at radius 1 is 1.06 bits per heavy atom. The zero-order valence-corrected chi connectivity index (χ0v) is 18.8. The van der Waals surface area contributed by atoms with Crippen molar-refractivity contribution in [2.24, 2.45) is 0 Å². The predicted molar refractivity (Wildman–Crippen MR) is 121 cm³/mol. The lowest BCUT2D eigenvalue weighted by molar-refractivity contribution is -0.134. The highest BCUT2D eigenvalue weighted by molar-refractivity contribution is 7.93. The molecule has 1 saturated heterocycles. The first kappa shape index (κ1) is 21.8. The van der Waals surface area contributed by atoms with Crippen molar-refractivity contribution in [1.82, 2.24) is 9.88 Å². The van der Waals surface area contributed by atoms with Gasteiger partial charge < -0.3 is 9.64 Å². The Balaban J connectivity index is 1.41. The third-order valence-electron chi connectivity index (χ3n) is 4.81. The first-order valence-electron chi connectivity index (χ1n) is 9.59. The number of carbonyl (C=O) groups is 1. The maximum atomic E-state index is 12.7. The highest BCUT2D eigenvalue weighted by Gasteiger charge is 2.20. The van der Waals surface area contributed by atoms with Crippen molar-refractivity contribution in [3.63, 3.8) is 0 Å². The molecule has 162 valence electrons. The summed E-state index contributed by atoms with van der Waals surface area (Å²) in [5.74, 6) is -0.0409. The largest absolute Gasteiger partial charge is 0.378 e. The highest BCUT2D eigenvalue weighted by atomic mass is 35.5. The average Bonchev–Trinajstić information content (AvgIpc) is 3.21. The van der Waals surface area contributed by atoms with Gasteiger partial charge in [0.2, 0.25) is 5.91 Å². The van der Waals surface area contributed by atoms with E-state index in [-0.39, 0.29) is 22.4 Å². The summed E-state index contributed by atoms with van der Waals surface area (Å²) < 4.78 is 33.2. The van der Waals surface area contributed by atoms with Crippen LogP contribution in [0.15, 0.2) is 58.8 Å². The van der Waals surface area contributed by atoms with Crippen LogP contribution in [-0.4, -0.2) is 50.5 Å². The number of hydrogen-bond acceptors (Lipinski definition) is 6. The van der Waals surface area contributed by atoms with E-state index in [1.54, 1.807) is 46.7 Å². The van der Waals surface area contributed by atoms with Gasteiger partial charge in [-0.25, -0.2) is 13.4 Å². The monoisotopic (exact) mass is 477 g/mol. The number of aromatic nitrogens is 1. The molecule has 10 heteroatoms. The van der Waals surface area contributed by atoms with Crippen LogP contribution < -0.4 is 4.72 Å². The minimum Gasteiger partial charge on any atom is -0.378 e. The fourth-order valence-corrected chi connectivity index (χ4v) is 5.25. The van der Waals surface area contributed by atoms with E-state index in [0.717, 1.165) is 22.5 Å². The molecule has 0 spiro atoms. The van der Waals surface area contributed by atoms with Crippen molar-refractivity contribution in [1.29, 1.82) is 0 Å². The molecular formula is C21H20ClN3O4S2. The molecule has 1 amide bonds. The van der Waals surface area contributed by atoms with Crippen LogP contribution in [0.4, 0.5) is 5.13 Å². The van der Waals surface area contributed by atoms with Crippen LogP contribution in [0.2, 0.25) is 5.02 Å². The second-order valence-electron chi connectivity index (χ2n) is 6.95. The quantitative estimate of drug-likeness (QED) is 0.585. The summed E-state index contributed by atoms with van der Waals surface area (Å²) in [5.41, 5.74) is 2.36. The van der Waals surface area contributed by atoms with Crippen LogP contribution in [0, 0.1) is 0 Å². The van der Waals surface area contributed by atoms with Gasteiger partial charge in [0.05, 0.1) is 30.2 Å². The van der Waals surface area contributed by atoms with E-state index in [2.05, 4.69) is 9.71 Å². The molecule has 3 aromatic rings. The van der Waals surface area contributed by atoms with Crippen LogP contribution in [0.25, 0.3) is 11.1 Å². The number of nitrogens with zero attached hydrogens (tertiary/aromatic N) is 2. The van der Waals surface area contributed by atoms with Crippen LogP contribution in [0.1, 0.15) is 5.69 Å². The Bertz CT molecular complexity index is 1160. The zero-order valence-electron chi connectivity index (χ0n) is 16.5. The summed E-state index contributed by atoms with van der Waals surface area (Å²) in [4.78, 5) is 18.5. The highest BCUT2D eigenvalue weighted by Crippen LogP contribution is 2.25. The number of morpholine rings is 1. The smallest absolute Gasteiger partial charge is 0.263 e. The molecule has 2 aromatic carbocycles. The standard InChI is InChI=1S/C21H20ClN3O4S2/c22-17-5-1-15(2-6-17)16-3-7-19(8-4-16)31(27,28)24-21-23-18(14-30-21)13-20(26)25-9-11-29-12-10-25/h1-8,14H,9-13H2,(H,23,24). The summed E-state index contributed by atoms with van der Waals surface area (Å²) in [6, 6.07) is 13.9. The number of carbonyl (C=O) groups excluding carboxylic acids is 1. The lowest BCUT2D eigenvalue weighted by Gasteiger charge is -2.26. The second kappa shape index (κ2) is 9.35. The van der Waals surface area contributed by atoms with Gasteiger partial charge in [-0.05, 0) is 35.4 Å². The Hall–Kier alpha value is -2.46. The number of nitrogens with one attached hydrogen (secondary N) is 1. The Kier molecular flexibility index (Phi) is 6.57. The number of halogens is 1. The van der Waals surface area contributed by atoms with E-state index in [9.17, 15) is 13.2 Å². The number of thiazole rings is 1. The minimum atomic E-state index is -3.79. The molecular weight excluding hydrogens is 458 g/mol. The molecule has 31 heavy (non-hydrogen) atoms. The minimum absolute atomic E-state index is 0.0409. The van der Waals surface area contributed by atoms with Crippen LogP contribution in [-0.2, 0) is 26.0 Å². The molecule has 0 bridgehead atoms. The maximum absolute atomic E-state index is 12.7. The number of ether oxygens (including phenoxy) is 1. The van der Waals surface area contributed by atoms with Gasteiger partial charge in [-0.1, -0.05) is 35.9 Å². The molecule has 0 atom stereocenters. The van der Waals surface area contributed by atoms with E-state index in [1.165, 1.54) is 0 Å². The van der Waals surface area contributed by atoms with Crippen LogP contribution in [0.3, 0.4) is 0 Å². The Morgan fingerprint density at radius 2 is 1.68 bits per heavy atom. The molecule has 1 aliphatic rings. The summed E-state index contributed by atoms with van der Waals surface area (Å²) >= 11 is 7.06. The van der Waals surface area contributed by atoms with Crippen molar-refractivity contribution < 1.29 is 17.9 Å². The van der Waals surface area contributed by atoms with Gasteiger partial charge in [-0.3, -0.25) is 9.52 Å².